The lowest BCUT2D eigenvalue weighted by molar-refractivity contribution is 0.104. The Labute approximate surface area is 104 Å². The van der Waals surface area contributed by atoms with Crippen LogP contribution in [0.1, 0.15) is 25.8 Å². The zero-order valence-corrected chi connectivity index (χ0v) is 10.8. The topological polar surface area (TPSA) is 39.2 Å². The predicted molar refractivity (Wildman–Crippen MR) is 68.0 cm³/mol. The highest BCUT2D eigenvalue weighted by molar-refractivity contribution is 7.13. The minimum atomic E-state index is 0.0238. The molecule has 0 saturated heterocycles. The third kappa shape index (κ3) is 2.36. The van der Waals surface area contributed by atoms with Gasteiger partial charge in [0.05, 0.1) is 17.0 Å². The summed E-state index contributed by atoms with van der Waals surface area (Å²) in [6.07, 6.45) is 1.63. The largest absolute Gasteiger partial charge is 0.497 e. The van der Waals surface area contributed by atoms with Crippen LogP contribution in [0.2, 0.25) is 0 Å². The molecule has 0 amide bonds. The van der Waals surface area contributed by atoms with Gasteiger partial charge in [-0.3, -0.25) is 4.79 Å². The van der Waals surface area contributed by atoms with E-state index in [1.54, 1.807) is 25.4 Å². The van der Waals surface area contributed by atoms with Crippen molar-refractivity contribution in [3.63, 3.8) is 0 Å². The molecular weight excluding hydrogens is 234 g/mol. The molecular formula is C13H13NO2S. The number of methoxy groups -OCH3 is 1. The molecule has 0 N–H and O–H groups in total. The molecule has 0 bridgehead atoms. The maximum Gasteiger partial charge on any atom is 0.204 e. The van der Waals surface area contributed by atoms with Gasteiger partial charge in [-0.05, 0) is 37.6 Å². The first-order chi connectivity index (χ1) is 8.11. The average Bonchev–Trinajstić information content (AvgIpc) is 2.75. The number of hydrogen-bond acceptors (Lipinski definition) is 4. The van der Waals surface area contributed by atoms with E-state index in [9.17, 15) is 4.79 Å². The Morgan fingerprint density at radius 2 is 2.12 bits per heavy atom. The van der Waals surface area contributed by atoms with Crippen LogP contribution in [0, 0.1) is 13.8 Å². The van der Waals surface area contributed by atoms with Gasteiger partial charge in [-0.25, -0.2) is 4.98 Å². The Kier molecular flexibility index (Phi) is 3.24. The second-order valence-corrected chi connectivity index (χ2v) is 4.99. The SMILES string of the molecule is COc1ccc(C(=O)c2cnc(C)s2)c(C)c1. The van der Waals surface area contributed by atoms with Crippen molar-refractivity contribution in [3.05, 3.63) is 45.4 Å². The van der Waals surface area contributed by atoms with Crippen LogP contribution in [0.3, 0.4) is 0 Å². The van der Waals surface area contributed by atoms with Crippen molar-refractivity contribution in [3.8, 4) is 5.75 Å². The second kappa shape index (κ2) is 4.67. The van der Waals surface area contributed by atoms with Gasteiger partial charge in [0.2, 0.25) is 5.78 Å². The minimum absolute atomic E-state index is 0.0238. The van der Waals surface area contributed by atoms with E-state index in [0.29, 0.717) is 10.4 Å². The predicted octanol–water partition coefficient (Wildman–Crippen LogP) is 3.00. The van der Waals surface area contributed by atoms with Crippen molar-refractivity contribution in [1.82, 2.24) is 4.98 Å². The molecule has 3 nitrogen and oxygen atoms in total. The number of ether oxygens (including phenoxy) is 1. The summed E-state index contributed by atoms with van der Waals surface area (Å²) in [5.74, 6) is 0.787. The summed E-state index contributed by atoms with van der Waals surface area (Å²) in [6.45, 7) is 3.80. The first kappa shape index (κ1) is 11.8. The Bertz CT molecular complexity index is 560. The van der Waals surface area contributed by atoms with Gasteiger partial charge in [-0.2, -0.15) is 0 Å². The number of rotatable bonds is 3. The maximum atomic E-state index is 12.2. The number of carbonyl (C=O) groups is 1. The van der Waals surface area contributed by atoms with Crippen LogP contribution >= 0.6 is 11.3 Å². The van der Waals surface area contributed by atoms with Crippen molar-refractivity contribution in [2.45, 2.75) is 13.8 Å². The van der Waals surface area contributed by atoms with Crippen molar-refractivity contribution >= 4 is 17.1 Å². The smallest absolute Gasteiger partial charge is 0.204 e. The standard InChI is InChI=1S/C13H13NO2S/c1-8-6-10(16-3)4-5-11(8)13(15)12-7-14-9(2)17-12/h4-7H,1-3H3. The molecule has 2 aromatic rings. The van der Waals surface area contributed by atoms with E-state index in [2.05, 4.69) is 4.98 Å². The van der Waals surface area contributed by atoms with Crippen molar-refractivity contribution in [2.75, 3.05) is 7.11 Å². The summed E-state index contributed by atoms with van der Waals surface area (Å²) in [7, 11) is 1.61. The van der Waals surface area contributed by atoms with Gasteiger partial charge in [0, 0.05) is 11.8 Å². The quantitative estimate of drug-likeness (QED) is 0.783. The molecule has 0 aliphatic rings. The third-order valence-corrected chi connectivity index (χ3v) is 3.43. The number of aromatic nitrogens is 1. The lowest BCUT2D eigenvalue weighted by Crippen LogP contribution is -2.01. The van der Waals surface area contributed by atoms with E-state index >= 15 is 0 Å². The molecule has 4 heteroatoms. The molecule has 2 rings (SSSR count). The van der Waals surface area contributed by atoms with E-state index in [1.165, 1.54) is 11.3 Å². The molecule has 0 radical (unpaired) electrons. The molecule has 0 spiro atoms. The number of aryl methyl sites for hydroxylation is 2. The lowest BCUT2D eigenvalue weighted by Gasteiger charge is -2.05. The summed E-state index contributed by atoms with van der Waals surface area (Å²) in [5, 5.41) is 0.902. The van der Waals surface area contributed by atoms with Gasteiger partial charge in [-0.1, -0.05) is 0 Å². The zero-order valence-electron chi connectivity index (χ0n) is 9.98. The van der Waals surface area contributed by atoms with Gasteiger partial charge in [0.25, 0.3) is 0 Å². The van der Waals surface area contributed by atoms with Crippen LogP contribution in [0.5, 0.6) is 5.75 Å². The van der Waals surface area contributed by atoms with Crippen LogP contribution < -0.4 is 4.74 Å². The fraction of sp³-hybridized carbons (Fsp3) is 0.231. The normalized spacial score (nSPS) is 10.3. The fourth-order valence-electron chi connectivity index (χ4n) is 1.62. The summed E-state index contributed by atoms with van der Waals surface area (Å²) in [5.41, 5.74) is 1.62. The van der Waals surface area contributed by atoms with Gasteiger partial charge < -0.3 is 4.74 Å². The Morgan fingerprint density at radius 1 is 1.35 bits per heavy atom. The highest BCUT2D eigenvalue weighted by Gasteiger charge is 2.14. The summed E-state index contributed by atoms with van der Waals surface area (Å²) >= 11 is 1.42. The van der Waals surface area contributed by atoms with Crippen LogP contribution in [-0.2, 0) is 0 Å². The molecule has 88 valence electrons. The first-order valence-corrected chi connectivity index (χ1v) is 6.05. The fourth-order valence-corrected chi connectivity index (χ4v) is 2.35. The monoisotopic (exact) mass is 247 g/mol. The molecule has 0 aliphatic carbocycles. The molecule has 17 heavy (non-hydrogen) atoms. The van der Waals surface area contributed by atoms with Crippen LogP contribution in [0.15, 0.2) is 24.4 Å². The molecule has 0 fully saturated rings. The number of hydrogen-bond donors (Lipinski definition) is 0. The van der Waals surface area contributed by atoms with E-state index in [1.807, 2.05) is 19.9 Å². The Morgan fingerprint density at radius 3 is 2.65 bits per heavy atom. The Balaban J connectivity index is 2.37. The molecule has 0 aliphatic heterocycles. The van der Waals surface area contributed by atoms with E-state index in [-0.39, 0.29) is 5.78 Å². The number of nitrogens with zero attached hydrogens (tertiary/aromatic N) is 1. The highest BCUT2D eigenvalue weighted by Crippen LogP contribution is 2.22. The van der Waals surface area contributed by atoms with Crippen molar-refractivity contribution in [2.24, 2.45) is 0 Å². The third-order valence-electron chi connectivity index (χ3n) is 2.52. The van der Waals surface area contributed by atoms with Gasteiger partial charge in [0.1, 0.15) is 5.75 Å². The van der Waals surface area contributed by atoms with Gasteiger partial charge in [-0.15, -0.1) is 11.3 Å². The molecule has 0 saturated carbocycles. The summed E-state index contributed by atoms with van der Waals surface area (Å²) < 4.78 is 5.12. The Hall–Kier alpha value is -1.68. The number of benzene rings is 1. The van der Waals surface area contributed by atoms with Gasteiger partial charge in [0.15, 0.2) is 0 Å². The van der Waals surface area contributed by atoms with E-state index in [0.717, 1.165) is 16.3 Å². The van der Waals surface area contributed by atoms with Crippen LogP contribution in [0.4, 0.5) is 0 Å². The van der Waals surface area contributed by atoms with E-state index in [4.69, 9.17) is 4.74 Å². The summed E-state index contributed by atoms with van der Waals surface area (Å²) in [4.78, 5) is 17.0. The second-order valence-electron chi connectivity index (χ2n) is 3.75. The van der Waals surface area contributed by atoms with Crippen LogP contribution in [-0.4, -0.2) is 17.9 Å². The molecule has 1 heterocycles. The number of ketones is 1. The molecule has 0 unspecified atom stereocenters. The zero-order chi connectivity index (χ0) is 12.4. The van der Waals surface area contributed by atoms with Crippen molar-refractivity contribution in [1.29, 1.82) is 0 Å². The molecule has 1 aromatic carbocycles. The van der Waals surface area contributed by atoms with Crippen molar-refractivity contribution < 1.29 is 9.53 Å². The van der Waals surface area contributed by atoms with E-state index < -0.39 is 0 Å². The first-order valence-electron chi connectivity index (χ1n) is 5.23. The number of thiazole rings is 1. The summed E-state index contributed by atoms with van der Waals surface area (Å²) in [6, 6.07) is 5.46. The van der Waals surface area contributed by atoms with Crippen LogP contribution in [0.25, 0.3) is 0 Å². The highest BCUT2D eigenvalue weighted by atomic mass is 32.1. The molecule has 0 atom stereocenters. The maximum absolute atomic E-state index is 12.2. The van der Waals surface area contributed by atoms with Gasteiger partial charge >= 0.3 is 0 Å². The molecule has 1 aromatic heterocycles. The minimum Gasteiger partial charge on any atom is -0.497 e. The average molecular weight is 247 g/mol. The number of carbonyl (C=O) groups excluding carboxylic acids is 1. The lowest BCUT2D eigenvalue weighted by atomic mass is 10.0.